The van der Waals surface area contributed by atoms with Crippen LogP contribution in [0.4, 0.5) is 13.2 Å². The zero-order chi connectivity index (χ0) is 22.3. The lowest BCUT2D eigenvalue weighted by atomic mass is 10.0. The number of aromatic nitrogens is 1. The molecule has 0 aliphatic carbocycles. The molecule has 0 radical (unpaired) electrons. The third-order valence-electron chi connectivity index (χ3n) is 4.77. The molecular formula is C20H18F3NO5S. The molecule has 0 bridgehead atoms. The van der Waals surface area contributed by atoms with E-state index in [-0.39, 0.29) is 10.4 Å². The topological polar surface area (TPSA) is 74.6 Å². The van der Waals surface area contributed by atoms with E-state index in [0.29, 0.717) is 28.8 Å². The maximum atomic E-state index is 13.2. The molecule has 3 aromatic rings. The van der Waals surface area contributed by atoms with Crippen molar-refractivity contribution in [3.05, 3.63) is 59.8 Å². The molecule has 160 valence electrons. The van der Waals surface area contributed by atoms with Crippen LogP contribution in [0.1, 0.15) is 24.0 Å². The third-order valence-corrected chi connectivity index (χ3v) is 6.46. The number of carbonyl (C=O) groups excluding carboxylic acids is 1. The maximum Gasteiger partial charge on any atom is 0.416 e. The first-order valence-electron chi connectivity index (χ1n) is 8.70. The first kappa shape index (κ1) is 21.7. The van der Waals surface area contributed by atoms with Crippen LogP contribution in [0, 0.1) is 0 Å². The van der Waals surface area contributed by atoms with Crippen molar-refractivity contribution in [1.82, 2.24) is 3.97 Å². The van der Waals surface area contributed by atoms with Gasteiger partial charge >= 0.3 is 12.1 Å². The molecule has 2 aromatic carbocycles. The number of ether oxygens (including phenoxy) is 2. The zero-order valence-corrected chi connectivity index (χ0v) is 17.0. The molecule has 0 fully saturated rings. The Morgan fingerprint density at radius 3 is 2.23 bits per heavy atom. The fourth-order valence-corrected chi connectivity index (χ4v) is 4.49. The highest BCUT2D eigenvalue weighted by atomic mass is 32.2. The van der Waals surface area contributed by atoms with E-state index in [1.54, 1.807) is 19.1 Å². The minimum Gasteiger partial charge on any atom is -0.497 e. The average molecular weight is 441 g/mol. The summed E-state index contributed by atoms with van der Waals surface area (Å²) in [5.41, 5.74) is -0.323. The van der Waals surface area contributed by atoms with E-state index in [2.05, 4.69) is 0 Å². The van der Waals surface area contributed by atoms with E-state index >= 15 is 0 Å². The Balaban J connectivity index is 2.21. The van der Waals surface area contributed by atoms with Gasteiger partial charge in [0.25, 0.3) is 10.0 Å². The Bertz CT molecular complexity index is 1200. The summed E-state index contributed by atoms with van der Waals surface area (Å²) in [5.74, 6) is -0.900. The van der Waals surface area contributed by atoms with Crippen LogP contribution in [0.3, 0.4) is 0 Å². The second-order valence-corrected chi connectivity index (χ2v) is 8.35. The van der Waals surface area contributed by atoms with Crippen molar-refractivity contribution in [2.45, 2.75) is 23.9 Å². The molecule has 30 heavy (non-hydrogen) atoms. The fraction of sp³-hybridized carbons (Fsp3) is 0.250. The highest BCUT2D eigenvalue weighted by molar-refractivity contribution is 7.90. The van der Waals surface area contributed by atoms with Gasteiger partial charge < -0.3 is 9.47 Å². The van der Waals surface area contributed by atoms with Gasteiger partial charge in [-0.1, -0.05) is 0 Å². The molecular weight excluding hydrogens is 423 g/mol. The Kier molecular flexibility index (Phi) is 5.55. The molecule has 1 unspecified atom stereocenters. The van der Waals surface area contributed by atoms with Crippen molar-refractivity contribution in [2.24, 2.45) is 0 Å². The predicted molar refractivity (Wildman–Crippen MR) is 103 cm³/mol. The monoisotopic (exact) mass is 441 g/mol. The number of alkyl halides is 3. The maximum absolute atomic E-state index is 13.2. The lowest BCUT2D eigenvalue weighted by molar-refractivity contribution is -0.142. The summed E-state index contributed by atoms with van der Waals surface area (Å²) in [6, 6.07) is 7.85. The second kappa shape index (κ2) is 7.67. The summed E-state index contributed by atoms with van der Waals surface area (Å²) < 4.78 is 75.7. The van der Waals surface area contributed by atoms with Crippen LogP contribution in [-0.4, -0.2) is 32.6 Å². The molecule has 0 saturated carbocycles. The normalized spacial score (nSPS) is 13.3. The van der Waals surface area contributed by atoms with Gasteiger partial charge in [-0.15, -0.1) is 0 Å². The van der Waals surface area contributed by atoms with E-state index in [4.69, 9.17) is 9.47 Å². The average Bonchev–Trinajstić information content (AvgIpc) is 3.11. The Morgan fingerprint density at radius 1 is 1.07 bits per heavy atom. The van der Waals surface area contributed by atoms with Crippen LogP contribution in [0.15, 0.2) is 53.6 Å². The Hall–Kier alpha value is -3.01. The highest BCUT2D eigenvalue weighted by Crippen LogP contribution is 2.34. The molecule has 1 heterocycles. The summed E-state index contributed by atoms with van der Waals surface area (Å²) in [7, 11) is -1.57. The number of hydrogen-bond donors (Lipinski definition) is 0. The quantitative estimate of drug-likeness (QED) is 0.556. The molecule has 0 saturated heterocycles. The van der Waals surface area contributed by atoms with Crippen molar-refractivity contribution in [3.8, 4) is 5.75 Å². The highest BCUT2D eigenvalue weighted by Gasteiger charge is 2.31. The minimum absolute atomic E-state index is 0.251. The van der Waals surface area contributed by atoms with Gasteiger partial charge in [-0.05, 0) is 55.0 Å². The molecule has 0 spiro atoms. The van der Waals surface area contributed by atoms with E-state index in [0.717, 1.165) is 16.1 Å². The van der Waals surface area contributed by atoms with Crippen molar-refractivity contribution < 1.29 is 35.9 Å². The van der Waals surface area contributed by atoms with Gasteiger partial charge in [0.05, 0.1) is 36.1 Å². The number of carbonyl (C=O) groups is 1. The predicted octanol–water partition coefficient (Wildman–Crippen LogP) is 4.18. The standard InChI is InChI=1S/C20H18F3NO5S/c1-12(19(25)29-3)17-11-24(18-9-6-14(28-2)10-16(17)18)30(26,27)15-7-4-13(5-8-15)20(21,22)23/h4-12H,1-3H3. The molecule has 1 aromatic heterocycles. The molecule has 6 nitrogen and oxygen atoms in total. The molecule has 0 aliphatic heterocycles. The van der Waals surface area contributed by atoms with Gasteiger partial charge in [-0.25, -0.2) is 12.4 Å². The number of esters is 1. The first-order valence-corrected chi connectivity index (χ1v) is 10.1. The molecule has 0 N–H and O–H groups in total. The first-order chi connectivity index (χ1) is 14.0. The number of halogens is 3. The van der Waals surface area contributed by atoms with E-state index < -0.39 is 33.7 Å². The lowest BCUT2D eigenvalue weighted by Crippen LogP contribution is -2.13. The van der Waals surface area contributed by atoms with Gasteiger partial charge in [-0.3, -0.25) is 4.79 Å². The minimum atomic E-state index is -4.58. The van der Waals surface area contributed by atoms with Crippen LogP contribution in [0.2, 0.25) is 0 Å². The van der Waals surface area contributed by atoms with Crippen LogP contribution < -0.4 is 4.74 Å². The molecule has 1 atom stereocenters. The Morgan fingerprint density at radius 2 is 1.70 bits per heavy atom. The fourth-order valence-electron chi connectivity index (χ4n) is 3.11. The van der Waals surface area contributed by atoms with Crippen molar-refractivity contribution in [1.29, 1.82) is 0 Å². The van der Waals surface area contributed by atoms with Crippen LogP contribution in [0.25, 0.3) is 10.9 Å². The number of rotatable bonds is 5. The lowest BCUT2D eigenvalue weighted by Gasteiger charge is -2.10. The summed E-state index contributed by atoms with van der Waals surface area (Å²) in [6.07, 6.45) is -3.30. The Labute approximate surface area is 170 Å². The van der Waals surface area contributed by atoms with Crippen LogP contribution >= 0.6 is 0 Å². The summed E-state index contributed by atoms with van der Waals surface area (Å²) >= 11 is 0. The molecule has 3 rings (SSSR count). The zero-order valence-electron chi connectivity index (χ0n) is 16.2. The number of methoxy groups -OCH3 is 2. The SMILES string of the molecule is COC(=O)C(C)c1cn(S(=O)(=O)c2ccc(C(F)(F)F)cc2)c2ccc(OC)cc12. The van der Waals surface area contributed by atoms with Gasteiger partial charge in [0.1, 0.15) is 5.75 Å². The number of hydrogen-bond acceptors (Lipinski definition) is 5. The van der Waals surface area contributed by atoms with E-state index in [9.17, 15) is 26.4 Å². The summed E-state index contributed by atoms with van der Waals surface area (Å²) in [6.45, 7) is 1.56. The summed E-state index contributed by atoms with van der Waals surface area (Å²) in [5, 5.41) is 0.447. The van der Waals surface area contributed by atoms with Crippen molar-refractivity contribution in [2.75, 3.05) is 14.2 Å². The van der Waals surface area contributed by atoms with Gasteiger partial charge in [0.2, 0.25) is 0 Å². The van der Waals surface area contributed by atoms with Gasteiger partial charge in [0.15, 0.2) is 0 Å². The summed E-state index contributed by atoms with van der Waals surface area (Å²) in [4.78, 5) is 11.7. The number of nitrogens with zero attached hydrogens (tertiary/aromatic N) is 1. The molecule has 0 aliphatic rings. The number of benzene rings is 2. The van der Waals surface area contributed by atoms with E-state index in [1.165, 1.54) is 26.5 Å². The van der Waals surface area contributed by atoms with Crippen LogP contribution in [-0.2, 0) is 25.7 Å². The molecule has 10 heteroatoms. The molecule has 0 amide bonds. The van der Waals surface area contributed by atoms with Crippen molar-refractivity contribution in [3.63, 3.8) is 0 Å². The van der Waals surface area contributed by atoms with Crippen LogP contribution in [0.5, 0.6) is 5.75 Å². The third kappa shape index (κ3) is 3.74. The number of fused-ring (bicyclic) bond motifs is 1. The smallest absolute Gasteiger partial charge is 0.416 e. The van der Waals surface area contributed by atoms with Gasteiger partial charge in [-0.2, -0.15) is 13.2 Å². The second-order valence-electron chi connectivity index (χ2n) is 6.54. The van der Waals surface area contributed by atoms with Crippen molar-refractivity contribution >= 4 is 26.9 Å². The van der Waals surface area contributed by atoms with Gasteiger partial charge in [0, 0.05) is 11.6 Å². The largest absolute Gasteiger partial charge is 0.497 e. The van der Waals surface area contributed by atoms with E-state index in [1.807, 2.05) is 0 Å².